The second-order valence-electron chi connectivity index (χ2n) is 9.13. The molecule has 9 heteroatoms. The highest BCUT2D eigenvalue weighted by molar-refractivity contribution is 6.30. The predicted molar refractivity (Wildman–Crippen MR) is 141 cm³/mol. The lowest BCUT2D eigenvalue weighted by Gasteiger charge is -2.30. The van der Waals surface area contributed by atoms with Gasteiger partial charge in [-0.15, -0.1) is 0 Å². The third-order valence-electron chi connectivity index (χ3n) is 6.53. The van der Waals surface area contributed by atoms with E-state index in [1.54, 1.807) is 31.4 Å². The molecule has 2 N–H and O–H groups in total. The van der Waals surface area contributed by atoms with Crippen LogP contribution in [0.4, 0.5) is 5.82 Å². The van der Waals surface area contributed by atoms with Crippen molar-refractivity contribution in [1.29, 1.82) is 0 Å². The number of hydrogen-bond acceptors (Lipinski definition) is 6. The van der Waals surface area contributed by atoms with E-state index in [1.165, 1.54) is 0 Å². The van der Waals surface area contributed by atoms with Gasteiger partial charge in [-0.25, -0.2) is 14.6 Å². The molecule has 8 nitrogen and oxygen atoms in total. The monoisotopic (exact) mass is 504 g/mol. The number of fused-ring (bicyclic) bond motifs is 1. The molecule has 2 heterocycles. The third-order valence-corrected chi connectivity index (χ3v) is 6.78. The number of ether oxygens (including phenoxy) is 1. The van der Waals surface area contributed by atoms with Crippen molar-refractivity contribution in [3.05, 3.63) is 76.7 Å². The zero-order valence-electron chi connectivity index (χ0n) is 20.4. The molecule has 0 atom stereocenters. The van der Waals surface area contributed by atoms with E-state index in [1.807, 2.05) is 41.9 Å². The summed E-state index contributed by atoms with van der Waals surface area (Å²) in [4.78, 5) is 22.1. The minimum atomic E-state index is -0.0613. The molecule has 0 spiro atoms. The van der Waals surface area contributed by atoms with E-state index >= 15 is 0 Å². The Morgan fingerprint density at radius 3 is 2.42 bits per heavy atom. The predicted octanol–water partition coefficient (Wildman–Crippen LogP) is 5.08. The van der Waals surface area contributed by atoms with Crippen LogP contribution in [-0.2, 0) is 11.3 Å². The molecule has 5 rings (SSSR count). The van der Waals surface area contributed by atoms with Gasteiger partial charge in [0.25, 0.3) is 5.91 Å². The van der Waals surface area contributed by atoms with Gasteiger partial charge in [-0.2, -0.15) is 5.10 Å². The molecule has 1 fully saturated rings. The maximum absolute atomic E-state index is 12.6. The van der Waals surface area contributed by atoms with Crippen molar-refractivity contribution < 1.29 is 9.53 Å². The van der Waals surface area contributed by atoms with Gasteiger partial charge in [0.1, 0.15) is 12.4 Å². The number of carbonyl (C=O) groups is 1. The topological polar surface area (TPSA) is 94.0 Å². The zero-order valence-corrected chi connectivity index (χ0v) is 21.1. The number of para-hydroxylation sites is 1. The molecule has 0 radical (unpaired) electrons. The van der Waals surface area contributed by atoms with E-state index in [0.717, 1.165) is 53.9 Å². The minimum Gasteiger partial charge on any atom is -0.377 e. The average Bonchev–Trinajstić information content (AvgIpc) is 3.23. The summed E-state index contributed by atoms with van der Waals surface area (Å²) in [5.41, 5.74) is 3.19. The van der Waals surface area contributed by atoms with Crippen molar-refractivity contribution in [1.82, 2.24) is 25.1 Å². The van der Waals surface area contributed by atoms with E-state index in [0.29, 0.717) is 23.0 Å². The molecule has 2 aromatic heterocycles. The molecule has 36 heavy (non-hydrogen) atoms. The van der Waals surface area contributed by atoms with Crippen LogP contribution in [0.2, 0.25) is 5.02 Å². The van der Waals surface area contributed by atoms with Gasteiger partial charge in [-0.3, -0.25) is 4.79 Å². The normalized spacial score (nSPS) is 17.8. The first kappa shape index (κ1) is 24.2. The molecule has 4 aromatic rings. The van der Waals surface area contributed by atoms with Crippen LogP contribution in [0.3, 0.4) is 0 Å². The molecule has 2 aromatic carbocycles. The zero-order chi connectivity index (χ0) is 25.1. The number of hydrogen-bond donors (Lipinski definition) is 2. The van der Waals surface area contributed by atoms with Gasteiger partial charge in [-0.1, -0.05) is 29.8 Å². The van der Waals surface area contributed by atoms with Gasteiger partial charge in [0.15, 0.2) is 11.5 Å². The number of methoxy groups -OCH3 is 1. The smallest absolute Gasteiger partial charge is 0.251 e. The van der Waals surface area contributed by atoms with E-state index in [2.05, 4.69) is 10.6 Å². The number of aryl methyl sites for hydroxylation is 1. The fourth-order valence-corrected chi connectivity index (χ4v) is 4.85. The summed E-state index contributed by atoms with van der Waals surface area (Å²) in [6.45, 7) is 2.29. The summed E-state index contributed by atoms with van der Waals surface area (Å²) in [6.07, 6.45) is 3.61. The van der Waals surface area contributed by atoms with Crippen LogP contribution in [0.1, 0.15) is 47.6 Å². The highest BCUT2D eigenvalue weighted by Crippen LogP contribution is 2.29. The van der Waals surface area contributed by atoms with Crippen LogP contribution in [-0.4, -0.2) is 44.8 Å². The molecule has 0 unspecified atom stereocenters. The fraction of sp³-hybridized carbons (Fsp3) is 0.333. The number of nitrogens with one attached hydrogen (secondary N) is 2. The maximum atomic E-state index is 12.6. The summed E-state index contributed by atoms with van der Waals surface area (Å²) in [6, 6.07) is 17.3. The molecule has 1 aliphatic carbocycles. The van der Waals surface area contributed by atoms with Crippen LogP contribution in [0.15, 0.2) is 54.6 Å². The van der Waals surface area contributed by atoms with E-state index in [4.69, 9.17) is 31.4 Å². The largest absolute Gasteiger partial charge is 0.377 e. The van der Waals surface area contributed by atoms with E-state index in [9.17, 15) is 4.79 Å². The fourth-order valence-electron chi connectivity index (χ4n) is 4.72. The summed E-state index contributed by atoms with van der Waals surface area (Å²) in [7, 11) is 1.64. The van der Waals surface area contributed by atoms with Gasteiger partial charge in [0.05, 0.1) is 16.8 Å². The molecule has 0 saturated heterocycles. The van der Waals surface area contributed by atoms with Crippen molar-refractivity contribution in [2.45, 2.75) is 51.3 Å². The Labute approximate surface area is 215 Å². The molecular weight excluding hydrogens is 476 g/mol. The summed E-state index contributed by atoms with van der Waals surface area (Å²) in [5.74, 6) is 1.32. The second-order valence-corrected chi connectivity index (χ2v) is 9.56. The first-order chi connectivity index (χ1) is 17.5. The first-order valence-corrected chi connectivity index (χ1v) is 12.5. The molecule has 186 valence electrons. The SMILES string of the molecule is COCc1nc(NC2CCC(NC(=O)c3ccc(Cl)cc3)CC2)c2c(C)nn(-c3ccccc3)c2n1. The number of nitrogens with zero attached hydrogens (tertiary/aromatic N) is 4. The molecule has 1 aliphatic rings. The molecule has 0 bridgehead atoms. The number of rotatable bonds is 7. The number of carbonyl (C=O) groups excluding carboxylic acids is 1. The minimum absolute atomic E-state index is 0.0613. The Bertz CT molecular complexity index is 1350. The number of benzene rings is 2. The van der Waals surface area contributed by atoms with Crippen molar-refractivity contribution in [2.24, 2.45) is 0 Å². The second kappa shape index (κ2) is 10.6. The third kappa shape index (κ3) is 5.20. The van der Waals surface area contributed by atoms with E-state index in [-0.39, 0.29) is 18.0 Å². The van der Waals surface area contributed by atoms with Crippen molar-refractivity contribution in [3.8, 4) is 5.69 Å². The quantitative estimate of drug-likeness (QED) is 0.364. The van der Waals surface area contributed by atoms with Crippen LogP contribution >= 0.6 is 11.6 Å². The maximum Gasteiger partial charge on any atom is 0.251 e. The average molecular weight is 505 g/mol. The molecule has 1 saturated carbocycles. The Balaban J connectivity index is 1.32. The van der Waals surface area contributed by atoms with Crippen molar-refractivity contribution in [3.63, 3.8) is 0 Å². The standard InChI is InChI=1S/C27H29ClN6O2/c1-17-24-25(31-23(16-36-2)32-26(24)34(33-17)22-6-4-3-5-7-22)29-20-12-14-21(15-13-20)30-27(35)18-8-10-19(28)11-9-18/h3-11,20-21H,12-16H2,1-2H3,(H,30,35)(H,29,31,32). The van der Waals surface area contributed by atoms with Gasteiger partial charge < -0.3 is 15.4 Å². The lowest BCUT2D eigenvalue weighted by Crippen LogP contribution is -2.40. The van der Waals surface area contributed by atoms with Crippen molar-refractivity contribution >= 4 is 34.4 Å². The Morgan fingerprint density at radius 2 is 1.72 bits per heavy atom. The highest BCUT2D eigenvalue weighted by Gasteiger charge is 2.25. The number of anilines is 1. The Kier molecular flexibility index (Phi) is 7.16. The Hall–Kier alpha value is -3.49. The lowest BCUT2D eigenvalue weighted by molar-refractivity contribution is 0.0926. The van der Waals surface area contributed by atoms with Crippen LogP contribution in [0.25, 0.3) is 16.7 Å². The number of halogens is 1. The molecule has 0 aliphatic heterocycles. The summed E-state index contributed by atoms with van der Waals surface area (Å²) >= 11 is 5.94. The van der Waals surface area contributed by atoms with Gasteiger partial charge in [-0.05, 0) is 69.0 Å². The van der Waals surface area contributed by atoms with Crippen LogP contribution < -0.4 is 10.6 Å². The number of aromatic nitrogens is 4. The van der Waals surface area contributed by atoms with Gasteiger partial charge in [0, 0.05) is 29.8 Å². The molecular formula is C27H29ClN6O2. The summed E-state index contributed by atoms with van der Waals surface area (Å²) < 4.78 is 7.20. The van der Waals surface area contributed by atoms with Crippen LogP contribution in [0, 0.1) is 6.92 Å². The van der Waals surface area contributed by atoms with Crippen LogP contribution in [0.5, 0.6) is 0 Å². The number of amides is 1. The highest BCUT2D eigenvalue weighted by atomic mass is 35.5. The molecule has 1 amide bonds. The first-order valence-electron chi connectivity index (χ1n) is 12.2. The lowest BCUT2D eigenvalue weighted by atomic mass is 9.91. The van der Waals surface area contributed by atoms with Gasteiger partial charge in [0.2, 0.25) is 0 Å². The summed E-state index contributed by atoms with van der Waals surface area (Å²) in [5, 5.41) is 13.1. The van der Waals surface area contributed by atoms with Gasteiger partial charge >= 0.3 is 0 Å². The Morgan fingerprint density at radius 1 is 1.03 bits per heavy atom. The van der Waals surface area contributed by atoms with Crippen molar-refractivity contribution in [2.75, 3.05) is 12.4 Å². The van der Waals surface area contributed by atoms with E-state index < -0.39 is 0 Å².